The van der Waals surface area contributed by atoms with Gasteiger partial charge in [0.15, 0.2) is 0 Å². The smallest absolute Gasteiger partial charge is 0.390 e. The summed E-state index contributed by atoms with van der Waals surface area (Å²) in [6.45, 7) is 0. The van der Waals surface area contributed by atoms with Crippen molar-refractivity contribution in [3.63, 3.8) is 0 Å². The molecule has 1 aliphatic heterocycles. The van der Waals surface area contributed by atoms with Crippen LogP contribution >= 0.6 is 0 Å². The Hall–Kier alpha value is -0.990. The minimum atomic E-state index is -0.564. The second kappa shape index (κ2) is 1.75. The van der Waals surface area contributed by atoms with Crippen LogP contribution in [0, 0.1) is 0 Å². The summed E-state index contributed by atoms with van der Waals surface area (Å²) in [5, 5.41) is 0. The molecule has 0 unspecified atom stereocenters. The summed E-state index contributed by atoms with van der Waals surface area (Å²) >= 11 is 0. The number of allylic oxidation sites excluding steroid dienone is 1. The monoisotopic (exact) mass is 140 g/mol. The normalized spacial score (nSPS) is 27.0. The van der Waals surface area contributed by atoms with Crippen LogP contribution in [-0.4, -0.2) is 11.9 Å². The first-order chi connectivity index (χ1) is 4.81. The van der Waals surface area contributed by atoms with Crippen LogP contribution in [0.3, 0.4) is 0 Å². The molecule has 0 radical (unpaired) electrons. The van der Waals surface area contributed by atoms with Gasteiger partial charge in [0.05, 0.1) is 0 Å². The molecule has 2 aliphatic rings. The maximum absolute atomic E-state index is 10.3. The predicted molar refractivity (Wildman–Crippen MR) is 33.3 cm³/mol. The summed E-state index contributed by atoms with van der Waals surface area (Å²) in [5.74, 6) is -0.564. The first kappa shape index (κ1) is 5.77. The molecule has 1 fully saturated rings. The van der Waals surface area contributed by atoms with Crippen molar-refractivity contribution in [3.05, 3.63) is 12.2 Å². The highest BCUT2D eigenvalue weighted by molar-refractivity contribution is 5.65. The molecule has 0 bridgehead atoms. The van der Waals surface area contributed by atoms with E-state index in [1.807, 2.05) is 6.08 Å². The number of hydrogen-bond acceptors (Lipinski definition) is 3. The van der Waals surface area contributed by atoms with Crippen LogP contribution in [0.5, 0.6) is 0 Å². The van der Waals surface area contributed by atoms with Gasteiger partial charge in [-0.05, 0) is 6.42 Å². The van der Waals surface area contributed by atoms with Crippen molar-refractivity contribution >= 4 is 6.16 Å². The van der Waals surface area contributed by atoms with E-state index in [0.29, 0.717) is 6.42 Å². The zero-order valence-corrected chi connectivity index (χ0v) is 5.50. The Balaban J connectivity index is 2.05. The largest absolute Gasteiger partial charge is 0.514 e. The Labute approximate surface area is 58.6 Å². The van der Waals surface area contributed by atoms with E-state index in [0.717, 1.165) is 12.8 Å². The van der Waals surface area contributed by atoms with Crippen molar-refractivity contribution in [3.8, 4) is 0 Å². The lowest BCUT2D eigenvalue weighted by Gasteiger charge is -2.40. The molecule has 0 saturated carbocycles. The van der Waals surface area contributed by atoms with E-state index in [1.165, 1.54) is 0 Å². The van der Waals surface area contributed by atoms with Gasteiger partial charge in [-0.15, -0.1) is 0 Å². The van der Waals surface area contributed by atoms with Gasteiger partial charge < -0.3 is 9.47 Å². The average molecular weight is 140 g/mol. The number of carbonyl (C=O) groups is 1. The fraction of sp³-hybridized carbons (Fsp3) is 0.571. The van der Waals surface area contributed by atoms with Gasteiger partial charge in [-0.1, -0.05) is 12.2 Å². The van der Waals surface area contributed by atoms with Crippen molar-refractivity contribution in [1.29, 1.82) is 0 Å². The molecule has 1 heterocycles. The molecule has 0 aromatic heterocycles. The van der Waals surface area contributed by atoms with Crippen LogP contribution in [0.1, 0.15) is 19.3 Å². The maximum atomic E-state index is 10.3. The van der Waals surface area contributed by atoms with E-state index in [9.17, 15) is 4.79 Å². The molecule has 3 heteroatoms. The first-order valence-electron chi connectivity index (χ1n) is 3.38. The van der Waals surface area contributed by atoms with Crippen molar-refractivity contribution < 1.29 is 14.3 Å². The molecular weight excluding hydrogens is 132 g/mol. The van der Waals surface area contributed by atoms with Crippen molar-refractivity contribution in [2.24, 2.45) is 0 Å². The summed E-state index contributed by atoms with van der Waals surface area (Å²) in [5.41, 5.74) is 0. The predicted octanol–water partition coefficient (Wildman–Crippen LogP) is 1.59. The lowest BCUT2D eigenvalue weighted by molar-refractivity contribution is -0.273. The molecule has 1 spiro atoms. The van der Waals surface area contributed by atoms with E-state index in [2.05, 4.69) is 6.08 Å². The highest BCUT2D eigenvalue weighted by atomic mass is 16.9. The fourth-order valence-electron chi connectivity index (χ4n) is 1.28. The standard InChI is InChI=1S/C7H8O3/c8-6-9-7(10-6)4-2-1-3-5-7/h1-2H,3-5H2. The van der Waals surface area contributed by atoms with Crippen LogP contribution in [0.25, 0.3) is 0 Å². The van der Waals surface area contributed by atoms with E-state index in [1.54, 1.807) is 0 Å². The van der Waals surface area contributed by atoms with Crippen LogP contribution in [0.15, 0.2) is 12.2 Å². The summed E-state index contributed by atoms with van der Waals surface area (Å²) < 4.78 is 9.71. The molecule has 54 valence electrons. The third-order valence-electron chi connectivity index (χ3n) is 1.83. The SMILES string of the molecule is O=C1OC2(CC=CCC2)O1. The minimum Gasteiger partial charge on any atom is -0.390 e. The molecule has 2 rings (SSSR count). The number of ether oxygens (including phenoxy) is 2. The Kier molecular flexibility index (Phi) is 1.01. The van der Waals surface area contributed by atoms with Gasteiger partial charge in [0.2, 0.25) is 0 Å². The maximum Gasteiger partial charge on any atom is 0.514 e. The highest BCUT2D eigenvalue weighted by Crippen LogP contribution is 2.36. The summed E-state index contributed by atoms with van der Waals surface area (Å²) in [6.07, 6.45) is 5.97. The Morgan fingerprint density at radius 2 is 2.20 bits per heavy atom. The van der Waals surface area contributed by atoms with Crippen molar-refractivity contribution in [2.75, 3.05) is 0 Å². The van der Waals surface area contributed by atoms with E-state index < -0.39 is 11.9 Å². The Morgan fingerprint density at radius 1 is 1.40 bits per heavy atom. The lowest BCUT2D eigenvalue weighted by atomic mass is 10.00. The quantitative estimate of drug-likeness (QED) is 0.378. The van der Waals surface area contributed by atoms with Crippen molar-refractivity contribution in [1.82, 2.24) is 0 Å². The van der Waals surface area contributed by atoms with Gasteiger partial charge in [-0.2, -0.15) is 0 Å². The van der Waals surface area contributed by atoms with Crippen LogP contribution in [0.4, 0.5) is 4.79 Å². The van der Waals surface area contributed by atoms with Gasteiger partial charge in [-0.25, -0.2) is 4.79 Å². The van der Waals surface area contributed by atoms with E-state index >= 15 is 0 Å². The van der Waals surface area contributed by atoms with Crippen LogP contribution < -0.4 is 0 Å². The second-order valence-electron chi connectivity index (χ2n) is 2.58. The number of rotatable bonds is 0. The average Bonchev–Trinajstić information content (AvgIpc) is 1.87. The first-order valence-corrected chi connectivity index (χ1v) is 3.38. The zero-order chi connectivity index (χ0) is 7.03. The van der Waals surface area contributed by atoms with E-state index in [-0.39, 0.29) is 0 Å². The fourth-order valence-corrected chi connectivity index (χ4v) is 1.28. The Bertz CT molecular complexity index is 187. The third-order valence-corrected chi connectivity index (χ3v) is 1.83. The summed E-state index contributed by atoms with van der Waals surface area (Å²) in [6, 6.07) is 0. The number of hydrogen-bond donors (Lipinski definition) is 0. The summed E-state index contributed by atoms with van der Waals surface area (Å²) in [7, 11) is 0. The molecule has 1 saturated heterocycles. The number of carbonyl (C=O) groups excluding carboxylic acids is 1. The molecule has 0 atom stereocenters. The molecular formula is C7H8O3. The molecule has 3 nitrogen and oxygen atoms in total. The van der Waals surface area contributed by atoms with Gasteiger partial charge in [-0.3, -0.25) is 0 Å². The molecule has 0 N–H and O–H groups in total. The van der Waals surface area contributed by atoms with Crippen LogP contribution in [0.2, 0.25) is 0 Å². The second-order valence-corrected chi connectivity index (χ2v) is 2.58. The van der Waals surface area contributed by atoms with Gasteiger partial charge in [0.1, 0.15) is 0 Å². The third kappa shape index (κ3) is 0.701. The molecule has 0 amide bonds. The molecule has 10 heavy (non-hydrogen) atoms. The Morgan fingerprint density at radius 3 is 2.70 bits per heavy atom. The minimum absolute atomic E-state index is 0.532. The molecule has 0 aromatic rings. The zero-order valence-electron chi connectivity index (χ0n) is 5.50. The van der Waals surface area contributed by atoms with Gasteiger partial charge in [0, 0.05) is 12.8 Å². The molecule has 1 aliphatic carbocycles. The van der Waals surface area contributed by atoms with Crippen molar-refractivity contribution in [2.45, 2.75) is 25.0 Å². The molecule has 0 aromatic carbocycles. The lowest BCUT2D eigenvalue weighted by Crippen LogP contribution is -2.50. The van der Waals surface area contributed by atoms with E-state index in [4.69, 9.17) is 9.47 Å². The highest BCUT2D eigenvalue weighted by Gasteiger charge is 2.47. The summed E-state index contributed by atoms with van der Waals surface area (Å²) in [4.78, 5) is 10.3. The van der Waals surface area contributed by atoms with Crippen LogP contribution in [-0.2, 0) is 9.47 Å². The van der Waals surface area contributed by atoms with Gasteiger partial charge >= 0.3 is 6.16 Å². The topological polar surface area (TPSA) is 35.5 Å². The van der Waals surface area contributed by atoms with Gasteiger partial charge in [0.25, 0.3) is 5.79 Å².